The fraction of sp³-hybridized carbons (Fsp3) is 0.297. The second-order valence-electron chi connectivity index (χ2n) is 13.1. The summed E-state index contributed by atoms with van der Waals surface area (Å²) in [5.74, 6) is -3.26. The monoisotopic (exact) mass is 740 g/mol. The van der Waals surface area contributed by atoms with Gasteiger partial charge in [0.15, 0.2) is 29.7 Å². The lowest BCUT2D eigenvalue weighted by Crippen LogP contribution is -3.09. The van der Waals surface area contributed by atoms with E-state index in [-0.39, 0.29) is 76.7 Å². The lowest BCUT2D eigenvalue weighted by Gasteiger charge is -2.40. The molecule has 8 rings (SSSR count). The van der Waals surface area contributed by atoms with Crippen molar-refractivity contribution < 1.29 is 63.8 Å². The Morgan fingerprint density at radius 1 is 0.944 bits per heavy atom. The van der Waals surface area contributed by atoms with Crippen molar-refractivity contribution >= 4 is 40.7 Å². The summed E-state index contributed by atoms with van der Waals surface area (Å²) in [6.45, 7) is -1.49. The molecule has 17 nitrogen and oxygen atoms in total. The molecule has 1 saturated heterocycles. The summed E-state index contributed by atoms with van der Waals surface area (Å²) in [4.78, 5) is 50.6. The van der Waals surface area contributed by atoms with Gasteiger partial charge < -0.3 is 44.5 Å². The van der Waals surface area contributed by atoms with Gasteiger partial charge in [-0.2, -0.15) is 4.99 Å². The minimum Gasteiger partial charge on any atom is -0.499 e. The summed E-state index contributed by atoms with van der Waals surface area (Å²) in [6.07, 6.45) is -5.01. The number of nitrogens with zero attached hydrogens (tertiary/aromatic N) is 2. The predicted octanol–water partition coefficient (Wildman–Crippen LogP) is -1.42. The number of amidine groups is 1. The van der Waals surface area contributed by atoms with Crippen LogP contribution in [0.3, 0.4) is 0 Å². The van der Waals surface area contributed by atoms with Crippen LogP contribution >= 0.6 is 0 Å². The van der Waals surface area contributed by atoms with Gasteiger partial charge >= 0.3 is 0 Å². The maximum absolute atomic E-state index is 14.4. The van der Waals surface area contributed by atoms with Crippen LogP contribution in [-0.2, 0) is 20.9 Å². The summed E-state index contributed by atoms with van der Waals surface area (Å²) in [5, 5.41) is 62.8. The van der Waals surface area contributed by atoms with Crippen molar-refractivity contribution in [1.29, 1.82) is 5.41 Å². The molecule has 0 radical (unpaired) electrons. The van der Waals surface area contributed by atoms with E-state index in [1.54, 1.807) is 30.3 Å². The van der Waals surface area contributed by atoms with E-state index in [4.69, 9.17) is 24.4 Å². The number of guanidine groups is 1. The number of quaternary nitrogens is 1. The highest BCUT2D eigenvalue weighted by atomic mass is 16.7. The Labute approximate surface area is 305 Å². The molecular weight excluding hydrogens is 706 g/mol. The van der Waals surface area contributed by atoms with Crippen molar-refractivity contribution in [3.63, 3.8) is 0 Å². The zero-order valence-electron chi connectivity index (χ0n) is 28.3. The topological polar surface area (TPSA) is 254 Å². The molecule has 1 fully saturated rings. The van der Waals surface area contributed by atoms with Gasteiger partial charge in [-0.15, -0.1) is 0 Å². The normalized spacial score (nSPS) is 27.8. The van der Waals surface area contributed by atoms with Gasteiger partial charge in [-0.05, 0) is 35.9 Å². The van der Waals surface area contributed by atoms with Crippen molar-refractivity contribution in [3.05, 3.63) is 99.8 Å². The van der Waals surface area contributed by atoms with E-state index in [1.165, 1.54) is 30.5 Å². The first kappa shape index (κ1) is 35.4. The molecule has 2 bridgehead atoms. The Bertz CT molecular complexity index is 2200. The van der Waals surface area contributed by atoms with Crippen LogP contribution in [0.5, 0.6) is 11.5 Å². The van der Waals surface area contributed by atoms with Crippen molar-refractivity contribution in [3.8, 4) is 11.5 Å². The summed E-state index contributed by atoms with van der Waals surface area (Å²) < 4.78 is 24.2. The van der Waals surface area contributed by atoms with Crippen LogP contribution in [0.1, 0.15) is 54.5 Å². The molecule has 278 valence electrons. The number of aliphatic hydroxyl groups is 5. The largest absolute Gasteiger partial charge is 0.499 e. The molecule has 54 heavy (non-hydrogen) atoms. The molecule has 0 saturated carbocycles. The molecule has 7 atom stereocenters. The van der Waals surface area contributed by atoms with Crippen LogP contribution in [0, 0.1) is 5.41 Å². The molecule has 0 aromatic heterocycles. The van der Waals surface area contributed by atoms with Crippen molar-refractivity contribution in [2.24, 2.45) is 9.98 Å². The molecule has 1 unspecified atom stereocenters. The number of ether oxygens (including phenoxy) is 4. The zero-order valence-corrected chi connectivity index (χ0v) is 28.3. The van der Waals surface area contributed by atoms with E-state index >= 15 is 0 Å². The van der Waals surface area contributed by atoms with Crippen LogP contribution in [-0.4, -0.2) is 118 Å². The molecule has 3 aromatic carbocycles. The number of allylic oxidation sites excluding steroid dienone is 1. The summed E-state index contributed by atoms with van der Waals surface area (Å²) >= 11 is 0. The average molecular weight is 741 g/mol. The van der Waals surface area contributed by atoms with Gasteiger partial charge in [-0.1, -0.05) is 24.3 Å². The summed E-state index contributed by atoms with van der Waals surface area (Å²) in [5.41, 5.74) is 1.58. The average Bonchev–Trinajstić information content (AvgIpc) is 3.59. The lowest BCUT2D eigenvalue weighted by molar-refractivity contribution is -0.723. The highest BCUT2D eigenvalue weighted by Crippen LogP contribution is 2.48. The van der Waals surface area contributed by atoms with Crippen LogP contribution in [0.4, 0.5) is 5.69 Å². The molecule has 0 spiro atoms. The highest BCUT2D eigenvalue weighted by Gasteiger charge is 2.48. The Hall–Kier alpha value is -5.66. The molecular formula is C37H34N5O12+. The number of fused-ring (bicyclic) bond motifs is 6. The fourth-order valence-electron chi connectivity index (χ4n) is 7.30. The maximum atomic E-state index is 14.4. The third-order valence-corrected chi connectivity index (χ3v) is 9.89. The number of benzene rings is 3. The third-order valence-electron chi connectivity index (χ3n) is 9.89. The number of rotatable bonds is 6. The quantitative estimate of drug-likeness (QED) is 0.113. The smallest absolute Gasteiger partial charge is 0.284 e. The van der Waals surface area contributed by atoms with E-state index in [2.05, 4.69) is 15.3 Å². The molecule has 3 aromatic rings. The highest BCUT2D eigenvalue weighted by molar-refractivity contribution is 6.68. The van der Waals surface area contributed by atoms with E-state index in [9.17, 15) is 39.9 Å². The van der Waals surface area contributed by atoms with Crippen LogP contribution < -0.4 is 19.7 Å². The van der Waals surface area contributed by atoms with Gasteiger partial charge in [0.2, 0.25) is 18.0 Å². The van der Waals surface area contributed by atoms with E-state index in [1.807, 2.05) is 0 Å². The number of nitrogens with one attached hydrogen (secondary N) is 3. The number of ketones is 2. The third kappa shape index (κ3) is 5.78. The Balaban J connectivity index is 1.38. The summed E-state index contributed by atoms with van der Waals surface area (Å²) in [6, 6.07) is 12.9. The molecule has 17 heteroatoms. The van der Waals surface area contributed by atoms with Crippen molar-refractivity contribution in [2.75, 3.05) is 26.5 Å². The molecule has 1 amide bonds. The number of para-hydroxylation sites is 1. The number of carbonyl (C=O) groups excluding carboxylic acids is 3. The fourth-order valence-corrected chi connectivity index (χ4v) is 7.30. The minimum absolute atomic E-state index is 0.00330. The predicted molar refractivity (Wildman–Crippen MR) is 185 cm³/mol. The lowest BCUT2D eigenvalue weighted by atomic mass is 9.79. The van der Waals surface area contributed by atoms with Gasteiger partial charge in [-0.25, -0.2) is 9.89 Å². The van der Waals surface area contributed by atoms with Crippen LogP contribution in [0.15, 0.2) is 70.9 Å². The van der Waals surface area contributed by atoms with Gasteiger partial charge in [0.25, 0.3) is 11.7 Å². The van der Waals surface area contributed by atoms with Crippen molar-refractivity contribution in [1.82, 2.24) is 5.32 Å². The number of hydrogen-bond acceptors (Lipinski definition) is 14. The van der Waals surface area contributed by atoms with E-state index < -0.39 is 67.3 Å². The Morgan fingerprint density at radius 2 is 1.76 bits per heavy atom. The Morgan fingerprint density at radius 3 is 2.56 bits per heavy atom. The van der Waals surface area contributed by atoms with Gasteiger partial charge in [-0.3, -0.25) is 25.1 Å². The first-order valence-corrected chi connectivity index (χ1v) is 17.0. The first-order valence-electron chi connectivity index (χ1n) is 17.0. The number of hydrogen-bond donors (Lipinski definition) is 8. The van der Waals surface area contributed by atoms with Gasteiger partial charge in [0.1, 0.15) is 43.3 Å². The first-order chi connectivity index (χ1) is 26.1. The second kappa shape index (κ2) is 14.0. The van der Waals surface area contributed by atoms with Gasteiger partial charge in [0.05, 0.1) is 25.0 Å². The van der Waals surface area contributed by atoms with Crippen molar-refractivity contribution in [2.45, 2.75) is 43.2 Å². The summed E-state index contributed by atoms with van der Waals surface area (Å²) in [7, 11) is 0. The number of aliphatic hydroxyl groups excluding tert-OH is 5. The van der Waals surface area contributed by atoms with Gasteiger partial charge in [0, 0.05) is 33.7 Å². The maximum Gasteiger partial charge on any atom is 0.284 e. The van der Waals surface area contributed by atoms with E-state index in [0.29, 0.717) is 21.7 Å². The molecule has 4 aliphatic heterocycles. The molecule has 4 heterocycles. The standard InChI is InChI=1S/C37H33N5O12/c38-37-40-34-26(35(50)41-37)39-15-42(34)23-4-2-1-3-18(23)17-7-9-51-14-24-29(47)30(48)31(49)36(53-24)54-32-21(17)12-22-25(33(32)52-10-8-43)28(46)20-11-16(13-44)5-6-19(20)27(22)45/h1-7,9,11-12,17,24,29-31,36,43-44,47-49H,8,10,13-15H2,(H2,38,41,50)/p+1/b9-7-/t17-,24-,29-,30+,31-,36+/m0/s1. The number of amides is 1. The SMILES string of the molecule is N=C1N=C2C(=NC[NH+]2c2ccccc2[C@@H]2/C=C\OC[C@@H]3O[C@H](Oc4c2cc2c(c4OCCO)C(=O)c4cc(CO)ccc4C2=O)[C@@H](O)[C@H](O)[C@H]3O)C(=O)N1. The van der Waals surface area contributed by atoms with Crippen LogP contribution in [0.25, 0.3) is 0 Å². The molecule has 8 N–H and O–H groups in total. The Kier molecular flexibility index (Phi) is 9.14. The van der Waals surface area contributed by atoms with E-state index in [0.717, 1.165) is 0 Å². The number of aliphatic imine (C=N–C) groups is 2. The molecule has 1 aliphatic carbocycles. The van der Waals surface area contributed by atoms with Crippen LogP contribution in [0.2, 0.25) is 0 Å². The number of carbonyl (C=O) groups is 3. The second-order valence-corrected chi connectivity index (χ2v) is 13.1. The minimum atomic E-state index is -1.81. The zero-order chi connectivity index (χ0) is 37.8. The molecule has 5 aliphatic rings.